The van der Waals surface area contributed by atoms with Crippen LogP contribution in [-0.4, -0.2) is 35.7 Å². The van der Waals surface area contributed by atoms with E-state index in [0.717, 1.165) is 24.9 Å². The van der Waals surface area contributed by atoms with Crippen molar-refractivity contribution in [2.24, 2.45) is 11.8 Å². The number of aliphatic hydroxyl groups is 1. The van der Waals surface area contributed by atoms with Gasteiger partial charge in [0.2, 0.25) is 0 Å². The Morgan fingerprint density at radius 3 is 2.50 bits per heavy atom. The first-order valence-corrected chi connectivity index (χ1v) is 7.05. The molecule has 2 aliphatic carbocycles. The summed E-state index contributed by atoms with van der Waals surface area (Å²) in [6, 6.07) is 0.796. The van der Waals surface area contributed by atoms with Gasteiger partial charge in [-0.1, -0.05) is 19.8 Å². The summed E-state index contributed by atoms with van der Waals surface area (Å²) in [5.41, 5.74) is 0. The number of hydrogen-bond acceptors (Lipinski definition) is 2. The maximum atomic E-state index is 10.1. The molecule has 0 spiro atoms. The van der Waals surface area contributed by atoms with E-state index >= 15 is 0 Å². The summed E-state index contributed by atoms with van der Waals surface area (Å²) in [4.78, 5) is 2.51. The van der Waals surface area contributed by atoms with E-state index in [1.165, 1.54) is 38.5 Å². The fraction of sp³-hybridized carbons (Fsp3) is 1.00. The molecule has 3 atom stereocenters. The zero-order valence-electron chi connectivity index (χ0n) is 10.9. The maximum Gasteiger partial charge on any atom is 0.0580 e. The average Bonchev–Trinajstić information content (AvgIpc) is 2.76. The first kappa shape index (κ1) is 12.4. The fourth-order valence-electron chi connectivity index (χ4n) is 3.54. The first-order chi connectivity index (χ1) is 7.66. The highest BCUT2D eigenvalue weighted by Crippen LogP contribution is 2.31. The highest BCUT2D eigenvalue weighted by Gasteiger charge is 2.30. The number of nitrogens with zero attached hydrogens (tertiary/aromatic N) is 1. The molecule has 0 amide bonds. The summed E-state index contributed by atoms with van der Waals surface area (Å²) in [5, 5.41) is 10.1. The van der Waals surface area contributed by atoms with E-state index < -0.39 is 0 Å². The summed E-state index contributed by atoms with van der Waals surface area (Å²) >= 11 is 0. The monoisotopic (exact) mass is 225 g/mol. The normalized spacial score (nSPS) is 37.1. The van der Waals surface area contributed by atoms with Gasteiger partial charge >= 0.3 is 0 Å². The van der Waals surface area contributed by atoms with Crippen molar-refractivity contribution in [3.63, 3.8) is 0 Å². The van der Waals surface area contributed by atoms with E-state index in [1.54, 1.807) is 0 Å². The molecule has 0 aromatic heterocycles. The SMILES string of the molecule is CC1CCC(O)C(CN(C)C2CCCC2)C1. The Hall–Kier alpha value is -0.0800. The number of aliphatic hydroxyl groups excluding tert-OH is 1. The second kappa shape index (κ2) is 5.50. The number of rotatable bonds is 3. The molecular weight excluding hydrogens is 198 g/mol. The molecule has 2 fully saturated rings. The van der Waals surface area contributed by atoms with Crippen LogP contribution >= 0.6 is 0 Å². The van der Waals surface area contributed by atoms with Gasteiger partial charge in [0.1, 0.15) is 0 Å². The van der Waals surface area contributed by atoms with E-state index in [-0.39, 0.29) is 6.10 Å². The van der Waals surface area contributed by atoms with Gasteiger partial charge in [-0.3, -0.25) is 0 Å². The lowest BCUT2D eigenvalue weighted by Crippen LogP contribution is -2.40. The van der Waals surface area contributed by atoms with E-state index in [0.29, 0.717) is 5.92 Å². The molecule has 94 valence electrons. The molecule has 0 aliphatic heterocycles. The van der Waals surface area contributed by atoms with E-state index in [9.17, 15) is 5.11 Å². The van der Waals surface area contributed by atoms with Gasteiger partial charge in [-0.15, -0.1) is 0 Å². The van der Waals surface area contributed by atoms with E-state index in [1.807, 2.05) is 0 Å². The minimum absolute atomic E-state index is 0.0416. The molecule has 16 heavy (non-hydrogen) atoms. The predicted octanol–water partition coefficient (Wildman–Crippen LogP) is 2.66. The third-order valence-electron chi connectivity index (χ3n) is 4.68. The van der Waals surface area contributed by atoms with Crippen LogP contribution in [0.3, 0.4) is 0 Å². The molecule has 0 aromatic rings. The summed E-state index contributed by atoms with van der Waals surface area (Å²) in [5.74, 6) is 1.33. The zero-order chi connectivity index (χ0) is 11.5. The lowest BCUT2D eigenvalue weighted by molar-refractivity contribution is 0.0282. The smallest absolute Gasteiger partial charge is 0.0580 e. The third kappa shape index (κ3) is 2.98. The van der Waals surface area contributed by atoms with Crippen LogP contribution in [0.2, 0.25) is 0 Å². The summed E-state index contributed by atoms with van der Waals surface area (Å²) in [6.45, 7) is 3.44. The van der Waals surface area contributed by atoms with E-state index in [4.69, 9.17) is 0 Å². The molecule has 2 nitrogen and oxygen atoms in total. The van der Waals surface area contributed by atoms with Gasteiger partial charge in [0.05, 0.1) is 6.10 Å². The molecule has 1 N–H and O–H groups in total. The van der Waals surface area contributed by atoms with Crippen LogP contribution in [0.25, 0.3) is 0 Å². The molecular formula is C14H27NO. The summed E-state index contributed by atoms with van der Waals surface area (Å²) in [6.07, 6.45) is 8.95. The minimum atomic E-state index is -0.0416. The Labute approximate surface area is 100 Å². The molecule has 2 heteroatoms. The maximum absolute atomic E-state index is 10.1. The van der Waals surface area contributed by atoms with Crippen molar-refractivity contribution in [2.75, 3.05) is 13.6 Å². The van der Waals surface area contributed by atoms with Crippen molar-refractivity contribution < 1.29 is 5.11 Å². The van der Waals surface area contributed by atoms with Crippen molar-refractivity contribution in [3.8, 4) is 0 Å². The molecule has 2 rings (SSSR count). The predicted molar refractivity (Wildman–Crippen MR) is 67.4 cm³/mol. The fourth-order valence-corrected chi connectivity index (χ4v) is 3.54. The lowest BCUT2D eigenvalue weighted by atomic mass is 9.80. The van der Waals surface area contributed by atoms with Gasteiger partial charge in [-0.05, 0) is 51.0 Å². The first-order valence-electron chi connectivity index (χ1n) is 7.05. The van der Waals surface area contributed by atoms with Crippen LogP contribution in [-0.2, 0) is 0 Å². The molecule has 2 aliphatic rings. The van der Waals surface area contributed by atoms with Crippen LogP contribution in [0.5, 0.6) is 0 Å². The Balaban J connectivity index is 1.82. The second-order valence-electron chi connectivity index (χ2n) is 6.12. The molecule has 0 saturated heterocycles. The molecule has 0 heterocycles. The third-order valence-corrected chi connectivity index (χ3v) is 4.68. The highest BCUT2D eigenvalue weighted by atomic mass is 16.3. The van der Waals surface area contributed by atoms with Crippen LogP contribution in [0.1, 0.15) is 51.9 Å². The molecule has 0 radical (unpaired) electrons. The standard InChI is InChI=1S/C14H27NO/c1-11-7-8-14(16)12(9-11)10-15(2)13-5-3-4-6-13/h11-14,16H,3-10H2,1-2H3. The highest BCUT2D eigenvalue weighted by molar-refractivity contribution is 4.83. The molecule has 2 saturated carbocycles. The lowest BCUT2D eigenvalue weighted by Gasteiger charge is -2.36. The molecule has 0 bridgehead atoms. The van der Waals surface area contributed by atoms with Gasteiger partial charge in [-0.25, -0.2) is 0 Å². The van der Waals surface area contributed by atoms with Crippen LogP contribution in [0.15, 0.2) is 0 Å². The van der Waals surface area contributed by atoms with Gasteiger partial charge in [0.25, 0.3) is 0 Å². The Kier molecular flexibility index (Phi) is 4.26. The Morgan fingerprint density at radius 2 is 1.81 bits per heavy atom. The van der Waals surface area contributed by atoms with Crippen molar-refractivity contribution in [1.29, 1.82) is 0 Å². The average molecular weight is 225 g/mol. The van der Waals surface area contributed by atoms with Crippen LogP contribution in [0.4, 0.5) is 0 Å². The quantitative estimate of drug-likeness (QED) is 0.798. The minimum Gasteiger partial charge on any atom is -0.393 e. The Bertz CT molecular complexity index is 213. The molecule has 0 aromatic carbocycles. The van der Waals surface area contributed by atoms with Crippen molar-refractivity contribution in [3.05, 3.63) is 0 Å². The topological polar surface area (TPSA) is 23.5 Å². The van der Waals surface area contributed by atoms with E-state index in [2.05, 4.69) is 18.9 Å². The zero-order valence-corrected chi connectivity index (χ0v) is 10.9. The van der Waals surface area contributed by atoms with Crippen LogP contribution < -0.4 is 0 Å². The number of hydrogen-bond donors (Lipinski definition) is 1. The van der Waals surface area contributed by atoms with Crippen molar-refractivity contribution in [1.82, 2.24) is 4.90 Å². The van der Waals surface area contributed by atoms with Crippen molar-refractivity contribution >= 4 is 0 Å². The van der Waals surface area contributed by atoms with Gasteiger partial charge in [0, 0.05) is 12.6 Å². The van der Waals surface area contributed by atoms with Gasteiger partial charge in [0.15, 0.2) is 0 Å². The largest absolute Gasteiger partial charge is 0.393 e. The van der Waals surface area contributed by atoms with Gasteiger partial charge in [-0.2, -0.15) is 0 Å². The Morgan fingerprint density at radius 1 is 1.12 bits per heavy atom. The van der Waals surface area contributed by atoms with Crippen molar-refractivity contribution in [2.45, 2.75) is 64.0 Å². The van der Waals surface area contributed by atoms with Crippen LogP contribution in [0, 0.1) is 11.8 Å². The summed E-state index contributed by atoms with van der Waals surface area (Å²) < 4.78 is 0. The van der Waals surface area contributed by atoms with Gasteiger partial charge < -0.3 is 10.0 Å². The second-order valence-corrected chi connectivity index (χ2v) is 6.12. The summed E-state index contributed by atoms with van der Waals surface area (Å²) in [7, 11) is 2.25. The molecule has 3 unspecified atom stereocenters.